The molecule has 1 saturated carbocycles. The molecule has 100 valence electrons. The first kappa shape index (κ1) is 12.4. The van der Waals surface area contributed by atoms with Crippen LogP contribution in [0.5, 0.6) is 0 Å². The largest absolute Gasteiger partial charge is 0.398 e. The quantitative estimate of drug-likeness (QED) is 0.871. The van der Waals surface area contributed by atoms with Crippen LogP contribution in [0.2, 0.25) is 5.02 Å². The van der Waals surface area contributed by atoms with Crippen LogP contribution in [0.15, 0.2) is 22.7 Å². The molecule has 1 unspecified atom stereocenters. The van der Waals surface area contributed by atoms with Gasteiger partial charge in [-0.2, -0.15) is 4.98 Å². The van der Waals surface area contributed by atoms with Crippen molar-refractivity contribution >= 4 is 17.3 Å². The van der Waals surface area contributed by atoms with E-state index in [1.54, 1.807) is 25.3 Å². The van der Waals surface area contributed by atoms with E-state index in [4.69, 9.17) is 26.6 Å². The number of rotatable bonds is 4. The molecule has 3 rings (SSSR count). The van der Waals surface area contributed by atoms with Gasteiger partial charge in [-0.1, -0.05) is 22.8 Å². The van der Waals surface area contributed by atoms with Crippen molar-refractivity contribution in [2.45, 2.75) is 18.9 Å². The summed E-state index contributed by atoms with van der Waals surface area (Å²) in [6.07, 6.45) is 2.16. The van der Waals surface area contributed by atoms with Gasteiger partial charge in [-0.15, -0.1) is 0 Å². The van der Waals surface area contributed by atoms with Gasteiger partial charge in [0.25, 0.3) is 5.89 Å². The molecule has 1 fully saturated rings. The number of ether oxygens (including phenoxy) is 1. The Bertz CT molecular complexity index is 575. The van der Waals surface area contributed by atoms with Crippen molar-refractivity contribution < 1.29 is 9.26 Å². The summed E-state index contributed by atoms with van der Waals surface area (Å²) in [5, 5.41) is 4.48. The Hall–Kier alpha value is -1.59. The standard InChI is InChI=1S/C13H14ClN3O2/c1-18-11(7-5-6-7)12-16-13(19-17-12)10-8(14)3-2-4-9(10)15/h2-4,7,11H,5-6,15H2,1H3. The number of aromatic nitrogens is 2. The lowest BCUT2D eigenvalue weighted by Gasteiger charge is -2.08. The van der Waals surface area contributed by atoms with E-state index in [2.05, 4.69) is 10.1 Å². The summed E-state index contributed by atoms with van der Waals surface area (Å²) in [5.74, 6) is 1.37. The number of methoxy groups -OCH3 is 1. The minimum atomic E-state index is -0.110. The van der Waals surface area contributed by atoms with Gasteiger partial charge in [0.2, 0.25) is 5.82 Å². The normalized spacial score (nSPS) is 16.5. The zero-order valence-corrected chi connectivity index (χ0v) is 11.2. The van der Waals surface area contributed by atoms with E-state index in [1.165, 1.54) is 0 Å². The Labute approximate surface area is 115 Å². The van der Waals surface area contributed by atoms with Crippen molar-refractivity contribution in [1.82, 2.24) is 10.1 Å². The highest BCUT2D eigenvalue weighted by Crippen LogP contribution is 2.42. The molecule has 6 heteroatoms. The number of hydrogen-bond donors (Lipinski definition) is 1. The summed E-state index contributed by atoms with van der Waals surface area (Å²) in [4.78, 5) is 4.37. The summed E-state index contributed by atoms with van der Waals surface area (Å²) < 4.78 is 10.7. The predicted octanol–water partition coefficient (Wildman–Crippen LogP) is 3.07. The maximum atomic E-state index is 6.12. The fraction of sp³-hybridized carbons (Fsp3) is 0.385. The molecule has 19 heavy (non-hydrogen) atoms. The first-order valence-electron chi connectivity index (χ1n) is 6.11. The zero-order valence-electron chi connectivity index (χ0n) is 10.5. The van der Waals surface area contributed by atoms with Crippen LogP contribution in [0.1, 0.15) is 24.8 Å². The van der Waals surface area contributed by atoms with E-state index >= 15 is 0 Å². The van der Waals surface area contributed by atoms with Gasteiger partial charge in [-0.3, -0.25) is 0 Å². The summed E-state index contributed by atoms with van der Waals surface area (Å²) in [7, 11) is 1.66. The van der Waals surface area contributed by atoms with Gasteiger partial charge < -0.3 is 15.0 Å². The average Bonchev–Trinajstić information content (AvgIpc) is 3.10. The van der Waals surface area contributed by atoms with Gasteiger partial charge >= 0.3 is 0 Å². The molecule has 1 aromatic heterocycles. The van der Waals surface area contributed by atoms with Gasteiger partial charge in [0, 0.05) is 12.8 Å². The van der Waals surface area contributed by atoms with E-state index < -0.39 is 0 Å². The summed E-state index contributed by atoms with van der Waals surface area (Å²) >= 11 is 6.12. The van der Waals surface area contributed by atoms with Crippen LogP contribution in [0.4, 0.5) is 5.69 Å². The lowest BCUT2D eigenvalue weighted by Crippen LogP contribution is -2.05. The molecule has 2 N–H and O–H groups in total. The highest BCUT2D eigenvalue weighted by molar-refractivity contribution is 6.33. The van der Waals surface area contributed by atoms with Crippen LogP contribution in [-0.2, 0) is 4.74 Å². The fourth-order valence-corrected chi connectivity index (χ4v) is 2.39. The van der Waals surface area contributed by atoms with Gasteiger partial charge in [0.15, 0.2) is 0 Å². The summed E-state index contributed by atoms with van der Waals surface area (Å²) in [6, 6.07) is 5.27. The minimum absolute atomic E-state index is 0.110. The van der Waals surface area contributed by atoms with Crippen LogP contribution < -0.4 is 5.73 Å². The number of anilines is 1. The fourth-order valence-electron chi connectivity index (χ4n) is 2.13. The maximum absolute atomic E-state index is 6.12. The highest BCUT2D eigenvalue weighted by Gasteiger charge is 2.35. The molecule has 1 heterocycles. The van der Waals surface area contributed by atoms with Gasteiger partial charge in [-0.05, 0) is 30.9 Å². The van der Waals surface area contributed by atoms with Crippen LogP contribution in [-0.4, -0.2) is 17.3 Å². The van der Waals surface area contributed by atoms with Crippen molar-refractivity contribution in [3.63, 3.8) is 0 Å². The second kappa shape index (κ2) is 4.83. The van der Waals surface area contributed by atoms with Crippen LogP contribution in [0.25, 0.3) is 11.5 Å². The number of nitrogen functional groups attached to an aromatic ring is 1. The van der Waals surface area contributed by atoms with Crippen molar-refractivity contribution in [2.75, 3.05) is 12.8 Å². The molecule has 0 aliphatic heterocycles. The number of benzene rings is 1. The SMILES string of the molecule is COC(c1noc(-c2c(N)cccc2Cl)n1)C1CC1. The Morgan fingerprint density at radius 2 is 2.26 bits per heavy atom. The molecule has 5 nitrogen and oxygen atoms in total. The number of halogens is 1. The number of nitrogens with zero attached hydrogens (tertiary/aromatic N) is 2. The zero-order chi connectivity index (χ0) is 13.4. The molecule has 0 radical (unpaired) electrons. The summed E-state index contributed by atoms with van der Waals surface area (Å²) in [6.45, 7) is 0. The smallest absolute Gasteiger partial charge is 0.261 e. The third-order valence-corrected chi connectivity index (χ3v) is 3.57. The topological polar surface area (TPSA) is 74.2 Å². The molecule has 1 atom stereocenters. The molecule has 0 bridgehead atoms. The number of hydrogen-bond acceptors (Lipinski definition) is 5. The number of nitrogens with two attached hydrogens (primary N) is 1. The van der Waals surface area contributed by atoms with Gasteiger partial charge in [-0.25, -0.2) is 0 Å². The van der Waals surface area contributed by atoms with Crippen LogP contribution in [0.3, 0.4) is 0 Å². The molecule has 0 saturated heterocycles. The van der Waals surface area contributed by atoms with E-state index in [0.717, 1.165) is 12.8 Å². The third-order valence-electron chi connectivity index (χ3n) is 3.26. The monoisotopic (exact) mass is 279 g/mol. The van der Waals surface area contributed by atoms with Crippen molar-refractivity contribution in [3.05, 3.63) is 29.0 Å². The molecule has 1 aliphatic rings. The highest BCUT2D eigenvalue weighted by atomic mass is 35.5. The minimum Gasteiger partial charge on any atom is -0.398 e. The Kier molecular flexibility index (Phi) is 3.16. The molecule has 1 aromatic carbocycles. The Morgan fingerprint density at radius 1 is 1.47 bits per heavy atom. The molecular formula is C13H14ClN3O2. The first-order chi connectivity index (χ1) is 9.20. The second-order valence-electron chi connectivity index (χ2n) is 4.66. The van der Waals surface area contributed by atoms with E-state index in [-0.39, 0.29) is 6.10 Å². The van der Waals surface area contributed by atoms with E-state index in [1.807, 2.05) is 0 Å². The lowest BCUT2D eigenvalue weighted by atomic mass is 10.2. The van der Waals surface area contributed by atoms with Crippen molar-refractivity contribution in [3.8, 4) is 11.5 Å². The lowest BCUT2D eigenvalue weighted by molar-refractivity contribution is 0.0751. The Morgan fingerprint density at radius 3 is 2.89 bits per heavy atom. The third kappa shape index (κ3) is 2.31. The van der Waals surface area contributed by atoms with Crippen LogP contribution in [0, 0.1) is 5.92 Å². The van der Waals surface area contributed by atoms with E-state index in [0.29, 0.717) is 33.9 Å². The molecular weight excluding hydrogens is 266 g/mol. The second-order valence-corrected chi connectivity index (χ2v) is 5.06. The average molecular weight is 280 g/mol. The van der Waals surface area contributed by atoms with Gasteiger partial charge in [0.05, 0.1) is 10.6 Å². The molecule has 0 amide bonds. The Balaban J connectivity index is 1.96. The van der Waals surface area contributed by atoms with Gasteiger partial charge in [0.1, 0.15) is 6.10 Å². The van der Waals surface area contributed by atoms with Crippen molar-refractivity contribution in [1.29, 1.82) is 0 Å². The molecule has 1 aliphatic carbocycles. The molecule has 0 spiro atoms. The maximum Gasteiger partial charge on any atom is 0.261 e. The molecule has 2 aromatic rings. The predicted molar refractivity (Wildman–Crippen MR) is 71.6 cm³/mol. The van der Waals surface area contributed by atoms with Crippen LogP contribution >= 0.6 is 11.6 Å². The van der Waals surface area contributed by atoms with E-state index in [9.17, 15) is 0 Å². The summed E-state index contributed by atoms with van der Waals surface area (Å²) in [5.41, 5.74) is 6.99. The van der Waals surface area contributed by atoms with Crippen molar-refractivity contribution in [2.24, 2.45) is 5.92 Å². The first-order valence-corrected chi connectivity index (χ1v) is 6.49.